The highest BCUT2D eigenvalue weighted by Gasteiger charge is 2.35. The van der Waals surface area contributed by atoms with Crippen LogP contribution in [0.2, 0.25) is 0 Å². The quantitative estimate of drug-likeness (QED) is 0.195. The van der Waals surface area contributed by atoms with Gasteiger partial charge in [0.05, 0.1) is 16.4 Å². The van der Waals surface area contributed by atoms with E-state index in [9.17, 15) is 19.7 Å². The van der Waals surface area contributed by atoms with Gasteiger partial charge in [-0.3, -0.25) is 24.6 Å². The van der Waals surface area contributed by atoms with Crippen LogP contribution >= 0.6 is 11.8 Å². The number of non-ortho nitro benzene ring substituents is 1. The predicted octanol–water partition coefficient (Wildman–Crippen LogP) is 7.29. The van der Waals surface area contributed by atoms with Gasteiger partial charge in [0.25, 0.3) is 16.8 Å². The smallest absolute Gasteiger partial charge is 0.293 e. The minimum Gasteiger partial charge on any atom is -0.318 e. The van der Waals surface area contributed by atoms with Crippen molar-refractivity contribution in [3.63, 3.8) is 0 Å². The number of hydrogen-bond donors (Lipinski definition) is 0. The van der Waals surface area contributed by atoms with Gasteiger partial charge in [0.1, 0.15) is 0 Å². The maximum absolute atomic E-state index is 13.1. The standard InChI is InChI=1S/C29H29N3O4S/c1-19-16-24(20(2)31(19)25-14-10-23(11-15-25)22-6-4-3-5-7-22)17-27-28(33)30(29(34)37-27)18-21-8-12-26(13-9-21)32(35)36/h8-17,22H,3-7,18H2,1-2H3/b27-17-. The maximum atomic E-state index is 13.1. The highest BCUT2D eigenvalue weighted by molar-refractivity contribution is 8.18. The number of aromatic nitrogens is 1. The Morgan fingerprint density at radius 3 is 2.32 bits per heavy atom. The van der Waals surface area contributed by atoms with Crippen molar-refractivity contribution in [1.82, 2.24) is 9.47 Å². The molecule has 1 aromatic heterocycles. The highest BCUT2D eigenvalue weighted by Crippen LogP contribution is 2.36. The van der Waals surface area contributed by atoms with Crippen molar-refractivity contribution in [2.75, 3.05) is 0 Å². The van der Waals surface area contributed by atoms with E-state index in [4.69, 9.17) is 0 Å². The van der Waals surface area contributed by atoms with Crippen LogP contribution in [0, 0.1) is 24.0 Å². The number of nitrogens with zero attached hydrogens (tertiary/aromatic N) is 3. The zero-order valence-electron chi connectivity index (χ0n) is 21.0. The van der Waals surface area contributed by atoms with Gasteiger partial charge in [-0.15, -0.1) is 0 Å². The molecule has 37 heavy (non-hydrogen) atoms. The number of thioether (sulfide) groups is 1. The maximum Gasteiger partial charge on any atom is 0.293 e. The van der Waals surface area contributed by atoms with Crippen LogP contribution in [-0.4, -0.2) is 25.5 Å². The molecule has 2 heterocycles. The average molecular weight is 516 g/mol. The molecule has 7 nitrogen and oxygen atoms in total. The van der Waals surface area contributed by atoms with Crippen LogP contribution in [0.3, 0.4) is 0 Å². The van der Waals surface area contributed by atoms with Crippen molar-refractivity contribution in [2.24, 2.45) is 0 Å². The van der Waals surface area contributed by atoms with Gasteiger partial charge in [-0.2, -0.15) is 0 Å². The number of imide groups is 1. The summed E-state index contributed by atoms with van der Waals surface area (Å²) in [5.41, 5.74) is 6.08. The summed E-state index contributed by atoms with van der Waals surface area (Å²) in [6.45, 7) is 4.14. The Bertz CT molecular complexity index is 1380. The van der Waals surface area contributed by atoms with Crippen LogP contribution < -0.4 is 0 Å². The molecule has 2 aliphatic rings. The summed E-state index contributed by atoms with van der Waals surface area (Å²) in [5, 5.41) is 10.5. The van der Waals surface area contributed by atoms with E-state index in [1.807, 2.05) is 19.9 Å². The Balaban J connectivity index is 1.35. The number of carbonyl (C=O) groups excluding carboxylic acids is 2. The molecule has 1 saturated heterocycles. The first-order valence-corrected chi connectivity index (χ1v) is 13.4. The van der Waals surface area contributed by atoms with E-state index < -0.39 is 4.92 Å². The van der Waals surface area contributed by atoms with E-state index in [0.717, 1.165) is 34.4 Å². The second-order valence-corrected chi connectivity index (χ2v) is 10.8. The number of amides is 2. The molecule has 0 radical (unpaired) electrons. The number of nitro groups is 1. The van der Waals surface area contributed by atoms with Crippen LogP contribution in [0.1, 0.15) is 66.1 Å². The largest absolute Gasteiger partial charge is 0.318 e. The normalized spacial score (nSPS) is 17.7. The van der Waals surface area contributed by atoms with E-state index in [0.29, 0.717) is 16.4 Å². The van der Waals surface area contributed by atoms with Crippen molar-refractivity contribution >= 4 is 34.7 Å². The number of nitro benzene ring substituents is 1. The third kappa shape index (κ3) is 5.11. The van der Waals surface area contributed by atoms with Crippen molar-refractivity contribution < 1.29 is 14.5 Å². The topological polar surface area (TPSA) is 85.5 Å². The van der Waals surface area contributed by atoms with Crippen LogP contribution in [0.15, 0.2) is 59.5 Å². The number of carbonyl (C=O) groups is 2. The summed E-state index contributed by atoms with van der Waals surface area (Å²) in [4.78, 5) is 37.6. The fourth-order valence-corrected chi connectivity index (χ4v) is 6.17. The van der Waals surface area contributed by atoms with Crippen LogP contribution in [-0.2, 0) is 11.3 Å². The SMILES string of the molecule is Cc1cc(/C=C2\SC(=O)N(Cc3ccc([N+](=O)[O-])cc3)C2=O)c(C)n1-c1ccc(C2CCCCC2)cc1. The number of rotatable bonds is 6. The van der Waals surface area contributed by atoms with Gasteiger partial charge in [-0.25, -0.2) is 0 Å². The van der Waals surface area contributed by atoms with Crippen LogP contribution in [0.5, 0.6) is 0 Å². The molecule has 0 N–H and O–H groups in total. The van der Waals surface area contributed by atoms with Gasteiger partial charge in [0.15, 0.2) is 0 Å². The Kier molecular flexibility index (Phi) is 7.02. The number of aryl methyl sites for hydroxylation is 1. The Morgan fingerprint density at radius 1 is 1.00 bits per heavy atom. The molecule has 190 valence electrons. The number of benzene rings is 2. The summed E-state index contributed by atoms with van der Waals surface area (Å²) >= 11 is 0.922. The molecule has 5 rings (SSSR count). The van der Waals surface area contributed by atoms with Crippen LogP contribution in [0.4, 0.5) is 10.5 Å². The van der Waals surface area contributed by atoms with E-state index >= 15 is 0 Å². The van der Waals surface area contributed by atoms with E-state index in [2.05, 4.69) is 28.8 Å². The first-order chi connectivity index (χ1) is 17.8. The third-order valence-electron chi connectivity index (χ3n) is 7.35. The van der Waals surface area contributed by atoms with Crippen molar-refractivity contribution in [2.45, 2.75) is 58.4 Å². The fourth-order valence-electron chi connectivity index (χ4n) is 5.35. The van der Waals surface area contributed by atoms with Gasteiger partial charge in [0, 0.05) is 29.2 Å². The van der Waals surface area contributed by atoms with Crippen molar-refractivity contribution in [1.29, 1.82) is 0 Å². The lowest BCUT2D eigenvalue weighted by molar-refractivity contribution is -0.384. The van der Waals surface area contributed by atoms with E-state index in [1.165, 1.54) is 54.7 Å². The van der Waals surface area contributed by atoms with Gasteiger partial charge in [-0.05, 0) is 85.3 Å². The molecule has 2 aromatic carbocycles. The van der Waals surface area contributed by atoms with Crippen LogP contribution in [0.25, 0.3) is 11.8 Å². The molecule has 0 atom stereocenters. The predicted molar refractivity (Wildman–Crippen MR) is 146 cm³/mol. The van der Waals surface area contributed by atoms with E-state index in [1.54, 1.807) is 18.2 Å². The molecule has 0 bridgehead atoms. The number of hydrogen-bond acceptors (Lipinski definition) is 5. The van der Waals surface area contributed by atoms with Crippen molar-refractivity contribution in [3.8, 4) is 5.69 Å². The summed E-state index contributed by atoms with van der Waals surface area (Å²) in [6, 6.07) is 16.8. The Morgan fingerprint density at radius 2 is 1.68 bits per heavy atom. The Hall–Kier alpha value is -3.65. The molecule has 1 saturated carbocycles. The lowest BCUT2D eigenvalue weighted by Crippen LogP contribution is -2.27. The zero-order valence-corrected chi connectivity index (χ0v) is 21.8. The molecule has 1 aliphatic carbocycles. The molecular formula is C29H29N3O4S. The van der Waals surface area contributed by atoms with Gasteiger partial charge in [-0.1, -0.05) is 43.5 Å². The third-order valence-corrected chi connectivity index (χ3v) is 8.25. The van der Waals surface area contributed by atoms with Crippen molar-refractivity contribution in [3.05, 3.63) is 97.7 Å². The lowest BCUT2D eigenvalue weighted by atomic mass is 9.84. The van der Waals surface area contributed by atoms with Gasteiger partial charge < -0.3 is 4.57 Å². The molecule has 1 aliphatic heterocycles. The van der Waals surface area contributed by atoms with Gasteiger partial charge in [0.2, 0.25) is 0 Å². The first kappa shape index (κ1) is 25.0. The minimum atomic E-state index is -0.478. The van der Waals surface area contributed by atoms with E-state index in [-0.39, 0.29) is 23.4 Å². The molecule has 3 aromatic rings. The molecule has 2 fully saturated rings. The summed E-state index contributed by atoms with van der Waals surface area (Å²) in [5.74, 6) is 0.307. The highest BCUT2D eigenvalue weighted by atomic mass is 32.2. The molecule has 0 unspecified atom stereocenters. The molecule has 8 heteroatoms. The average Bonchev–Trinajstić information content (AvgIpc) is 3.33. The fraction of sp³-hybridized carbons (Fsp3) is 0.310. The molecule has 0 spiro atoms. The first-order valence-electron chi connectivity index (χ1n) is 12.6. The summed E-state index contributed by atoms with van der Waals surface area (Å²) in [7, 11) is 0. The minimum absolute atomic E-state index is 0.0308. The Labute approximate surface area is 220 Å². The summed E-state index contributed by atoms with van der Waals surface area (Å²) in [6.07, 6.45) is 8.29. The monoisotopic (exact) mass is 515 g/mol. The van der Waals surface area contributed by atoms with Gasteiger partial charge >= 0.3 is 0 Å². The summed E-state index contributed by atoms with van der Waals surface area (Å²) < 4.78 is 2.18. The zero-order chi connectivity index (χ0) is 26.1. The molecular weight excluding hydrogens is 486 g/mol. The second-order valence-electron chi connectivity index (χ2n) is 9.78. The lowest BCUT2D eigenvalue weighted by Gasteiger charge is -2.22. The molecule has 2 amide bonds. The second kappa shape index (κ2) is 10.4.